The van der Waals surface area contributed by atoms with Crippen molar-refractivity contribution in [1.82, 2.24) is 14.1 Å². The van der Waals surface area contributed by atoms with Gasteiger partial charge in [0.1, 0.15) is 11.5 Å². The molecule has 4 N–H and O–H groups in total. The summed E-state index contributed by atoms with van der Waals surface area (Å²) in [6.07, 6.45) is 4.02. The average Bonchev–Trinajstić information content (AvgIpc) is 3.50. The van der Waals surface area contributed by atoms with Gasteiger partial charge < -0.3 is 25.5 Å². The number of fused-ring (bicyclic) bond motifs is 1. The summed E-state index contributed by atoms with van der Waals surface area (Å²) in [6, 6.07) is 15.6. The van der Waals surface area contributed by atoms with Gasteiger partial charge in [-0.2, -0.15) is 0 Å². The number of aromatic nitrogens is 3. The molecule has 35 heavy (non-hydrogen) atoms. The number of benzene rings is 2. The molecule has 0 spiro atoms. The molecular weight excluding hydrogens is 442 g/mol. The highest BCUT2D eigenvalue weighted by Crippen LogP contribution is 2.30. The van der Waals surface area contributed by atoms with Crippen molar-refractivity contribution in [2.24, 2.45) is 19.1 Å². The number of carbonyl (C=O) groups is 2. The van der Waals surface area contributed by atoms with Gasteiger partial charge in [0.25, 0.3) is 11.8 Å². The number of carbonyl (C=O) groups excluding carboxylic acids is 2. The number of anilines is 3. The maximum atomic E-state index is 12.9. The number of aliphatic imine (C=N–C) groups is 1. The third kappa shape index (κ3) is 4.43. The first-order chi connectivity index (χ1) is 16.8. The predicted octanol–water partition coefficient (Wildman–Crippen LogP) is 3.83. The van der Waals surface area contributed by atoms with Crippen molar-refractivity contribution < 1.29 is 9.59 Å². The molecule has 0 saturated carbocycles. The van der Waals surface area contributed by atoms with E-state index in [0.29, 0.717) is 17.1 Å². The number of hydrogen-bond acceptors (Lipinski definition) is 5. The van der Waals surface area contributed by atoms with Gasteiger partial charge in [0.2, 0.25) is 5.82 Å². The number of nitrogens with zero attached hydrogens (tertiary/aromatic N) is 4. The minimum absolute atomic E-state index is 0.183. The van der Waals surface area contributed by atoms with E-state index in [0.717, 1.165) is 23.4 Å². The van der Waals surface area contributed by atoms with Crippen LogP contribution in [-0.4, -0.2) is 31.6 Å². The van der Waals surface area contributed by atoms with Gasteiger partial charge in [-0.25, -0.2) is 4.98 Å². The van der Waals surface area contributed by atoms with Gasteiger partial charge in [-0.05, 0) is 47.9 Å². The molecular formula is C26H25N7O2. The highest BCUT2D eigenvalue weighted by Gasteiger charge is 2.18. The molecule has 0 unspecified atom stereocenters. The van der Waals surface area contributed by atoms with E-state index >= 15 is 0 Å². The van der Waals surface area contributed by atoms with Gasteiger partial charge in [-0.1, -0.05) is 24.3 Å². The van der Waals surface area contributed by atoms with E-state index in [2.05, 4.69) is 40.7 Å². The molecule has 0 fully saturated rings. The van der Waals surface area contributed by atoms with Crippen LogP contribution in [0.5, 0.6) is 0 Å². The zero-order valence-corrected chi connectivity index (χ0v) is 19.7. The lowest BCUT2D eigenvalue weighted by atomic mass is 10.0. The number of nitrogen functional groups attached to an aromatic ring is 1. The van der Waals surface area contributed by atoms with Crippen molar-refractivity contribution in [1.29, 1.82) is 0 Å². The largest absolute Gasteiger partial charge is 0.382 e. The number of aryl methyl sites for hydroxylation is 3. The molecule has 9 heteroatoms. The number of amides is 2. The quantitative estimate of drug-likeness (QED) is 0.413. The fourth-order valence-electron chi connectivity index (χ4n) is 4.15. The Morgan fingerprint density at radius 1 is 0.914 bits per heavy atom. The SMILES string of the molecule is Cc1ccc2c(c1)N=C(c1ccc(NC(=O)c3cc(NC(=O)c4nc(N)cn4C)cn3C)cc1)C2. The van der Waals surface area contributed by atoms with Crippen molar-refractivity contribution in [3.63, 3.8) is 0 Å². The van der Waals surface area contributed by atoms with Crippen LogP contribution in [0.25, 0.3) is 0 Å². The van der Waals surface area contributed by atoms with Gasteiger partial charge in [0.15, 0.2) is 0 Å². The molecule has 0 atom stereocenters. The highest BCUT2D eigenvalue weighted by molar-refractivity contribution is 6.08. The van der Waals surface area contributed by atoms with E-state index in [1.807, 2.05) is 24.3 Å². The summed E-state index contributed by atoms with van der Waals surface area (Å²) in [7, 11) is 3.43. The monoisotopic (exact) mass is 467 g/mol. The Bertz CT molecular complexity index is 1490. The Kier molecular flexibility index (Phi) is 5.44. The van der Waals surface area contributed by atoms with E-state index in [4.69, 9.17) is 10.7 Å². The number of nitrogens with one attached hydrogen (secondary N) is 2. The number of rotatable bonds is 5. The molecule has 2 aromatic carbocycles. The lowest BCUT2D eigenvalue weighted by Gasteiger charge is -2.07. The second-order valence-electron chi connectivity index (χ2n) is 8.68. The molecule has 2 aromatic heterocycles. The lowest BCUT2D eigenvalue weighted by Crippen LogP contribution is -2.16. The Hall–Kier alpha value is -4.66. The first-order valence-electron chi connectivity index (χ1n) is 11.1. The Labute approximate surface area is 202 Å². The smallest absolute Gasteiger partial charge is 0.291 e. The van der Waals surface area contributed by atoms with Gasteiger partial charge in [-0.3, -0.25) is 14.6 Å². The Balaban J connectivity index is 1.26. The zero-order chi connectivity index (χ0) is 24.7. The van der Waals surface area contributed by atoms with Gasteiger partial charge in [0, 0.05) is 38.6 Å². The van der Waals surface area contributed by atoms with Crippen LogP contribution in [0, 0.1) is 6.92 Å². The first-order valence-corrected chi connectivity index (χ1v) is 11.1. The van der Waals surface area contributed by atoms with E-state index in [1.54, 1.807) is 41.7 Å². The predicted molar refractivity (Wildman–Crippen MR) is 136 cm³/mol. The molecule has 0 aliphatic carbocycles. The molecule has 5 rings (SSSR count). The number of nitrogens with two attached hydrogens (primary N) is 1. The van der Waals surface area contributed by atoms with Crippen LogP contribution in [0.2, 0.25) is 0 Å². The summed E-state index contributed by atoms with van der Waals surface area (Å²) in [6.45, 7) is 2.06. The first kappa shape index (κ1) is 22.1. The Morgan fingerprint density at radius 3 is 2.37 bits per heavy atom. The van der Waals surface area contributed by atoms with Crippen LogP contribution in [0.4, 0.5) is 22.9 Å². The van der Waals surface area contributed by atoms with E-state index in [-0.39, 0.29) is 17.5 Å². The summed E-state index contributed by atoms with van der Waals surface area (Å²) >= 11 is 0. The van der Waals surface area contributed by atoms with Crippen molar-refractivity contribution in [3.05, 3.63) is 89.1 Å². The summed E-state index contributed by atoms with van der Waals surface area (Å²) in [5.41, 5.74) is 12.7. The molecule has 176 valence electrons. The summed E-state index contributed by atoms with van der Waals surface area (Å²) in [5, 5.41) is 5.66. The molecule has 0 saturated heterocycles. The molecule has 9 nitrogen and oxygen atoms in total. The number of hydrogen-bond donors (Lipinski definition) is 3. The van der Waals surface area contributed by atoms with Gasteiger partial charge in [0.05, 0.1) is 17.1 Å². The van der Waals surface area contributed by atoms with Gasteiger partial charge in [-0.15, -0.1) is 0 Å². The van der Waals surface area contributed by atoms with Crippen molar-refractivity contribution >= 4 is 40.4 Å². The van der Waals surface area contributed by atoms with Crippen molar-refractivity contribution in [2.45, 2.75) is 13.3 Å². The standard InChI is InChI=1S/C26H25N7O2/c1-15-4-5-17-11-21(30-20(17)10-15)16-6-8-18(9-7-16)28-25(34)22-12-19(13-32(22)2)29-26(35)24-31-23(27)14-33(24)3/h4-10,12-14H,11,27H2,1-3H3,(H,28,34)(H,29,35). The summed E-state index contributed by atoms with van der Waals surface area (Å²) < 4.78 is 3.19. The number of imidazole rings is 1. The van der Waals surface area contributed by atoms with Crippen molar-refractivity contribution in [2.75, 3.05) is 16.4 Å². The molecule has 3 heterocycles. The minimum Gasteiger partial charge on any atom is -0.382 e. The normalized spacial score (nSPS) is 12.3. The van der Waals surface area contributed by atoms with Gasteiger partial charge >= 0.3 is 0 Å². The average molecular weight is 468 g/mol. The maximum absolute atomic E-state index is 12.9. The molecule has 2 amide bonds. The summed E-state index contributed by atoms with van der Waals surface area (Å²) in [4.78, 5) is 34.1. The second-order valence-corrected chi connectivity index (χ2v) is 8.68. The molecule has 4 aromatic rings. The lowest BCUT2D eigenvalue weighted by molar-refractivity contribution is 0.100. The topological polar surface area (TPSA) is 119 Å². The molecule has 0 bridgehead atoms. The molecule has 1 aliphatic rings. The van der Waals surface area contributed by atoms with E-state index in [9.17, 15) is 9.59 Å². The van der Waals surface area contributed by atoms with Crippen LogP contribution >= 0.6 is 0 Å². The second kappa shape index (κ2) is 8.60. The third-order valence-corrected chi connectivity index (χ3v) is 5.92. The van der Waals surface area contributed by atoms with Crippen LogP contribution in [0.1, 0.15) is 37.8 Å². The third-order valence-electron chi connectivity index (χ3n) is 5.92. The van der Waals surface area contributed by atoms with Crippen LogP contribution in [0.15, 0.2) is 65.9 Å². The Morgan fingerprint density at radius 2 is 1.66 bits per heavy atom. The van der Waals surface area contributed by atoms with Crippen molar-refractivity contribution in [3.8, 4) is 0 Å². The van der Waals surface area contributed by atoms with E-state index < -0.39 is 5.91 Å². The van der Waals surface area contributed by atoms with Crippen LogP contribution < -0.4 is 16.4 Å². The zero-order valence-electron chi connectivity index (χ0n) is 19.7. The highest BCUT2D eigenvalue weighted by atomic mass is 16.2. The fourth-order valence-corrected chi connectivity index (χ4v) is 4.15. The fraction of sp³-hybridized carbons (Fsp3) is 0.154. The molecule has 0 radical (unpaired) electrons. The minimum atomic E-state index is -0.413. The van der Waals surface area contributed by atoms with Crippen LogP contribution in [0.3, 0.4) is 0 Å². The molecule has 1 aliphatic heterocycles. The van der Waals surface area contributed by atoms with Crippen LogP contribution in [-0.2, 0) is 20.5 Å². The van der Waals surface area contributed by atoms with E-state index in [1.165, 1.54) is 11.1 Å². The maximum Gasteiger partial charge on any atom is 0.291 e. The summed E-state index contributed by atoms with van der Waals surface area (Å²) in [5.74, 6) is -0.258.